The molecule has 1 saturated carbocycles. The lowest BCUT2D eigenvalue weighted by Crippen LogP contribution is -2.38. The van der Waals surface area contributed by atoms with Gasteiger partial charge in [-0.15, -0.1) is 0 Å². The van der Waals surface area contributed by atoms with Gasteiger partial charge in [0.25, 0.3) is 12.3 Å². The van der Waals surface area contributed by atoms with Crippen LogP contribution in [0.15, 0.2) is 53.5 Å². The van der Waals surface area contributed by atoms with E-state index in [1.165, 1.54) is 42.7 Å². The zero-order valence-electron chi connectivity index (χ0n) is 24.3. The van der Waals surface area contributed by atoms with E-state index in [0.29, 0.717) is 23.8 Å². The first kappa shape index (κ1) is 30.3. The van der Waals surface area contributed by atoms with Gasteiger partial charge in [0.2, 0.25) is 5.89 Å². The van der Waals surface area contributed by atoms with Gasteiger partial charge in [-0.25, -0.2) is 38.0 Å². The van der Waals surface area contributed by atoms with Crippen LogP contribution in [0.4, 0.5) is 25.1 Å². The predicted octanol–water partition coefficient (Wildman–Crippen LogP) is 5.45. The number of methoxy groups -OCH3 is 1. The molecule has 4 aromatic heterocycles. The first-order chi connectivity index (χ1) is 20.9. The maximum atomic E-state index is 13.8. The Morgan fingerprint density at radius 3 is 2.57 bits per heavy atom. The third-order valence-electron chi connectivity index (χ3n) is 6.36. The monoisotopic (exact) mass is 609 g/mol. The third kappa shape index (κ3) is 7.04. The van der Waals surface area contributed by atoms with Gasteiger partial charge in [-0.1, -0.05) is 0 Å². The number of carbonyl (C=O) groups is 3. The van der Waals surface area contributed by atoms with Gasteiger partial charge in [-0.2, -0.15) is 5.10 Å². The summed E-state index contributed by atoms with van der Waals surface area (Å²) in [5, 5.41) is 6.26. The number of aromatic nitrogens is 5. The average Bonchev–Trinajstić information content (AvgIpc) is 3.49. The van der Waals surface area contributed by atoms with Crippen molar-refractivity contribution in [1.29, 1.82) is 0 Å². The Hall–Kier alpha value is -5.21. The molecule has 44 heavy (non-hydrogen) atoms. The van der Waals surface area contributed by atoms with Crippen LogP contribution >= 0.6 is 0 Å². The van der Waals surface area contributed by atoms with Gasteiger partial charge in [0.1, 0.15) is 23.4 Å². The minimum Gasteiger partial charge on any atom is -0.464 e. The van der Waals surface area contributed by atoms with Crippen LogP contribution in [0.1, 0.15) is 66.7 Å². The number of nitrogens with one attached hydrogen (secondary N) is 1. The van der Waals surface area contributed by atoms with Gasteiger partial charge in [-0.3, -0.25) is 9.69 Å². The second-order valence-electron chi connectivity index (χ2n) is 11.0. The van der Waals surface area contributed by atoms with Crippen molar-refractivity contribution < 1.29 is 37.1 Å². The second kappa shape index (κ2) is 12.2. The number of ether oxygens (including phenoxy) is 2. The van der Waals surface area contributed by atoms with Gasteiger partial charge >= 0.3 is 12.1 Å². The molecule has 0 spiro atoms. The summed E-state index contributed by atoms with van der Waals surface area (Å²) >= 11 is 0. The van der Waals surface area contributed by atoms with Crippen LogP contribution in [0.2, 0.25) is 0 Å². The van der Waals surface area contributed by atoms with Crippen LogP contribution in [0.3, 0.4) is 0 Å². The van der Waals surface area contributed by atoms with Crippen LogP contribution in [0, 0.1) is 5.92 Å². The lowest BCUT2D eigenvalue weighted by Gasteiger charge is -2.27. The molecule has 1 N–H and O–H groups in total. The molecule has 13 nitrogen and oxygen atoms in total. The minimum atomic E-state index is -3.01. The zero-order valence-corrected chi connectivity index (χ0v) is 24.3. The van der Waals surface area contributed by atoms with Gasteiger partial charge in [0.15, 0.2) is 11.4 Å². The van der Waals surface area contributed by atoms with E-state index in [2.05, 4.69) is 30.1 Å². The molecule has 0 bridgehead atoms. The SMILES string of the molecule is COC(=O)c1ccc(-n2cc(NC(=O)c3coc(-c4ccnc(N(CC5CC5)C(=O)OC(C)(C)C)c4)n3)c(C(F)F)n2)cn1. The molecule has 0 unspecified atom stereocenters. The molecular weight excluding hydrogens is 580 g/mol. The maximum absolute atomic E-state index is 13.8. The number of anilines is 2. The minimum absolute atomic E-state index is 0.0228. The smallest absolute Gasteiger partial charge is 0.416 e. The summed E-state index contributed by atoms with van der Waals surface area (Å²) in [6, 6.07) is 5.98. The molecule has 0 saturated heterocycles. The maximum Gasteiger partial charge on any atom is 0.416 e. The van der Waals surface area contributed by atoms with Crippen LogP contribution in [0.25, 0.3) is 17.1 Å². The number of rotatable bonds is 9. The van der Waals surface area contributed by atoms with Crippen molar-refractivity contribution in [2.24, 2.45) is 5.92 Å². The van der Waals surface area contributed by atoms with E-state index in [-0.39, 0.29) is 28.7 Å². The fraction of sp³-hybridized carbons (Fsp3) is 0.345. The summed E-state index contributed by atoms with van der Waals surface area (Å²) in [5.41, 5.74) is -1.11. The normalized spacial score (nSPS) is 13.1. The Bertz CT molecular complexity index is 1680. The van der Waals surface area contributed by atoms with Crippen molar-refractivity contribution in [2.45, 2.75) is 45.6 Å². The van der Waals surface area contributed by atoms with Crippen LogP contribution in [0.5, 0.6) is 0 Å². The number of amides is 2. The van der Waals surface area contributed by atoms with E-state index in [4.69, 9.17) is 9.15 Å². The number of pyridine rings is 2. The highest BCUT2D eigenvalue weighted by atomic mass is 19.3. The third-order valence-corrected chi connectivity index (χ3v) is 6.36. The molecule has 0 aliphatic heterocycles. The highest BCUT2D eigenvalue weighted by molar-refractivity contribution is 6.03. The Morgan fingerprint density at radius 2 is 1.93 bits per heavy atom. The molecule has 4 heterocycles. The topological polar surface area (TPSA) is 155 Å². The number of nitrogens with zero attached hydrogens (tertiary/aromatic N) is 6. The molecule has 1 aliphatic rings. The summed E-state index contributed by atoms with van der Waals surface area (Å²) in [7, 11) is 1.21. The number of hydrogen-bond donors (Lipinski definition) is 1. The molecule has 0 radical (unpaired) electrons. The average molecular weight is 610 g/mol. The summed E-state index contributed by atoms with van der Waals surface area (Å²) in [6.45, 7) is 5.77. The van der Waals surface area contributed by atoms with Crippen molar-refractivity contribution in [2.75, 3.05) is 23.9 Å². The van der Waals surface area contributed by atoms with Crippen molar-refractivity contribution in [3.63, 3.8) is 0 Å². The summed E-state index contributed by atoms with van der Waals surface area (Å²) < 4.78 is 44.4. The number of oxazole rings is 1. The molecular formula is C29H29F2N7O6. The van der Waals surface area contributed by atoms with Crippen LogP contribution < -0.4 is 10.2 Å². The lowest BCUT2D eigenvalue weighted by molar-refractivity contribution is 0.0573. The van der Waals surface area contributed by atoms with E-state index in [0.717, 1.165) is 23.8 Å². The fourth-order valence-electron chi connectivity index (χ4n) is 4.06. The summed E-state index contributed by atoms with van der Waals surface area (Å²) in [6.07, 6.45) is 3.46. The van der Waals surface area contributed by atoms with Gasteiger partial charge in [-0.05, 0) is 63.8 Å². The molecule has 5 rings (SSSR count). The Balaban J connectivity index is 1.34. The second-order valence-corrected chi connectivity index (χ2v) is 11.0. The molecule has 4 aromatic rings. The van der Waals surface area contributed by atoms with E-state index in [1.807, 2.05) is 0 Å². The molecule has 0 atom stereocenters. The number of alkyl halides is 2. The number of halogens is 2. The van der Waals surface area contributed by atoms with E-state index >= 15 is 0 Å². The molecule has 2 amide bonds. The molecule has 0 aromatic carbocycles. The van der Waals surface area contributed by atoms with E-state index < -0.39 is 35.7 Å². The highest BCUT2D eigenvalue weighted by Crippen LogP contribution is 2.33. The first-order valence-electron chi connectivity index (χ1n) is 13.6. The largest absolute Gasteiger partial charge is 0.464 e. The summed E-state index contributed by atoms with van der Waals surface area (Å²) in [5.74, 6) is -0.749. The molecule has 1 fully saturated rings. The molecule has 15 heteroatoms. The van der Waals surface area contributed by atoms with Crippen molar-refractivity contribution >= 4 is 29.5 Å². The Morgan fingerprint density at radius 1 is 1.16 bits per heavy atom. The Labute approximate surface area is 250 Å². The van der Waals surface area contributed by atoms with E-state index in [9.17, 15) is 23.2 Å². The summed E-state index contributed by atoms with van der Waals surface area (Å²) in [4.78, 5) is 51.5. The Kier molecular flexibility index (Phi) is 8.38. The molecule has 230 valence electrons. The molecule has 1 aliphatic carbocycles. The number of carbonyl (C=O) groups excluding carboxylic acids is 3. The van der Waals surface area contributed by atoms with Crippen LogP contribution in [-0.2, 0) is 9.47 Å². The van der Waals surface area contributed by atoms with Gasteiger partial charge < -0.3 is 19.2 Å². The quantitative estimate of drug-likeness (QED) is 0.242. The predicted molar refractivity (Wildman–Crippen MR) is 152 cm³/mol. The van der Waals surface area contributed by atoms with Crippen LogP contribution in [-0.4, -0.2) is 62.0 Å². The first-order valence-corrected chi connectivity index (χ1v) is 13.6. The van der Waals surface area contributed by atoms with E-state index in [1.54, 1.807) is 32.9 Å². The van der Waals surface area contributed by atoms with Crippen molar-refractivity contribution in [3.8, 4) is 17.1 Å². The fourth-order valence-corrected chi connectivity index (χ4v) is 4.06. The number of hydrogen-bond acceptors (Lipinski definition) is 10. The van der Waals surface area contributed by atoms with Crippen molar-refractivity contribution in [3.05, 3.63) is 66.2 Å². The highest BCUT2D eigenvalue weighted by Gasteiger charge is 2.31. The van der Waals surface area contributed by atoms with Gasteiger partial charge in [0.05, 0.1) is 30.9 Å². The van der Waals surface area contributed by atoms with Gasteiger partial charge in [0, 0.05) is 18.3 Å². The number of esters is 1. The lowest BCUT2D eigenvalue weighted by atomic mass is 10.2. The van der Waals surface area contributed by atoms with Crippen molar-refractivity contribution in [1.82, 2.24) is 24.7 Å². The zero-order chi connectivity index (χ0) is 31.6. The standard InChI is InChI=1S/C29H29F2N7O6/c1-29(2,3)44-28(41)37(13-16-5-6-16)22-11-17(9-10-32-22)26-35-21(15-43-26)25(39)34-20-14-38(36-23(20)24(30)31)18-7-8-19(33-12-18)27(40)42-4/h7-12,14-16,24H,5-6,13H2,1-4H3,(H,34,39).